The van der Waals surface area contributed by atoms with E-state index < -0.39 is 0 Å². The summed E-state index contributed by atoms with van der Waals surface area (Å²) >= 11 is 0. The second-order valence-corrected chi connectivity index (χ2v) is 3.62. The molecule has 0 bridgehead atoms. The first-order valence-electron chi connectivity index (χ1n) is 4.41. The molecule has 1 N–H and O–H groups in total. The Morgan fingerprint density at radius 2 is 2.33 bits per heavy atom. The topological polar surface area (TPSA) is 38.1 Å². The lowest BCUT2D eigenvalue weighted by Crippen LogP contribution is -2.08. The molecule has 0 saturated carbocycles. The van der Waals surface area contributed by atoms with Crippen molar-refractivity contribution in [2.24, 2.45) is 0 Å². The van der Waals surface area contributed by atoms with Crippen molar-refractivity contribution in [3.8, 4) is 0 Å². The molecule has 0 fully saturated rings. The Bertz CT molecular complexity index is 291. The zero-order valence-corrected chi connectivity index (χ0v) is 7.72. The van der Waals surface area contributed by atoms with E-state index in [-0.39, 0.29) is 0 Å². The van der Waals surface area contributed by atoms with Crippen molar-refractivity contribution in [3.63, 3.8) is 0 Å². The highest BCUT2D eigenvalue weighted by atomic mass is 16.4. The summed E-state index contributed by atoms with van der Waals surface area (Å²) in [6.07, 6.45) is 0. The van der Waals surface area contributed by atoms with Gasteiger partial charge >= 0.3 is 0 Å². The first-order chi connectivity index (χ1) is 5.68. The number of nitrogens with one attached hydrogen (secondary N) is 1. The summed E-state index contributed by atoms with van der Waals surface area (Å²) in [5.74, 6) is 2.29. The lowest BCUT2D eigenvalue weighted by Gasteiger charge is -2.01. The summed E-state index contributed by atoms with van der Waals surface area (Å²) in [6, 6.07) is 0.333. The number of oxazole rings is 1. The van der Waals surface area contributed by atoms with Crippen molar-refractivity contribution in [3.05, 3.63) is 17.3 Å². The number of hydrogen-bond donors (Lipinski definition) is 1. The highest BCUT2D eigenvalue weighted by Crippen LogP contribution is 2.27. The number of fused-ring (bicyclic) bond motifs is 1. The van der Waals surface area contributed by atoms with Crippen LogP contribution in [0.1, 0.15) is 50.1 Å². The maximum absolute atomic E-state index is 5.63. The van der Waals surface area contributed by atoms with Gasteiger partial charge in [-0.05, 0) is 6.92 Å². The van der Waals surface area contributed by atoms with Gasteiger partial charge in [0.05, 0.1) is 11.7 Å². The van der Waals surface area contributed by atoms with Crippen LogP contribution in [0.25, 0.3) is 0 Å². The number of nitrogens with zero attached hydrogens (tertiary/aromatic N) is 1. The molecule has 1 aromatic rings. The van der Waals surface area contributed by atoms with Crippen LogP contribution in [-0.2, 0) is 6.54 Å². The van der Waals surface area contributed by atoms with Gasteiger partial charge in [0.25, 0.3) is 0 Å². The third-order valence-corrected chi connectivity index (χ3v) is 2.21. The predicted octanol–water partition coefficient (Wildman–Crippen LogP) is 1.96. The average Bonchev–Trinajstić information content (AvgIpc) is 2.53. The number of aromatic nitrogens is 1. The van der Waals surface area contributed by atoms with Crippen LogP contribution in [0, 0.1) is 0 Å². The summed E-state index contributed by atoms with van der Waals surface area (Å²) in [4.78, 5) is 4.41. The lowest BCUT2D eigenvalue weighted by molar-refractivity contribution is 0.404. The molecule has 66 valence electrons. The van der Waals surface area contributed by atoms with Crippen LogP contribution in [-0.4, -0.2) is 4.98 Å². The van der Waals surface area contributed by atoms with Gasteiger partial charge in [-0.25, -0.2) is 4.98 Å². The fourth-order valence-corrected chi connectivity index (χ4v) is 1.44. The minimum absolute atomic E-state index is 0.333. The quantitative estimate of drug-likeness (QED) is 0.693. The minimum Gasteiger partial charge on any atom is -0.443 e. The largest absolute Gasteiger partial charge is 0.443 e. The Labute approximate surface area is 72.2 Å². The van der Waals surface area contributed by atoms with Gasteiger partial charge < -0.3 is 9.73 Å². The van der Waals surface area contributed by atoms with E-state index in [1.54, 1.807) is 0 Å². The zero-order valence-electron chi connectivity index (χ0n) is 7.72. The second-order valence-electron chi connectivity index (χ2n) is 3.62. The summed E-state index contributed by atoms with van der Waals surface area (Å²) in [5.41, 5.74) is 1.09. The third kappa shape index (κ3) is 1.05. The molecule has 0 spiro atoms. The van der Waals surface area contributed by atoms with Gasteiger partial charge in [0.15, 0.2) is 5.89 Å². The maximum Gasteiger partial charge on any atom is 0.197 e. The van der Waals surface area contributed by atoms with Crippen molar-refractivity contribution in [2.75, 3.05) is 0 Å². The first kappa shape index (κ1) is 7.80. The molecule has 2 heterocycles. The predicted molar refractivity (Wildman–Crippen MR) is 45.8 cm³/mol. The minimum atomic E-state index is 0.333. The molecule has 0 aromatic carbocycles. The average molecular weight is 166 g/mol. The van der Waals surface area contributed by atoms with Gasteiger partial charge in [0.2, 0.25) is 0 Å². The highest BCUT2D eigenvalue weighted by Gasteiger charge is 2.25. The standard InChI is InChI=1S/C9H14N2O/c1-5(2)9-11-7-4-10-6(3)8(7)12-9/h5-6,10H,4H2,1-3H3. The van der Waals surface area contributed by atoms with Gasteiger partial charge in [0, 0.05) is 12.5 Å². The molecule has 0 saturated heterocycles. The number of hydrogen-bond acceptors (Lipinski definition) is 3. The van der Waals surface area contributed by atoms with Crippen molar-refractivity contribution in [1.29, 1.82) is 0 Å². The van der Waals surface area contributed by atoms with Gasteiger partial charge in [-0.3, -0.25) is 0 Å². The van der Waals surface area contributed by atoms with E-state index in [0.717, 1.165) is 23.9 Å². The molecule has 3 heteroatoms. The van der Waals surface area contributed by atoms with Crippen LogP contribution >= 0.6 is 0 Å². The van der Waals surface area contributed by atoms with E-state index >= 15 is 0 Å². The molecular weight excluding hydrogens is 152 g/mol. The van der Waals surface area contributed by atoms with Crippen molar-refractivity contribution < 1.29 is 4.42 Å². The fourth-order valence-electron chi connectivity index (χ4n) is 1.44. The van der Waals surface area contributed by atoms with E-state index in [0.29, 0.717) is 12.0 Å². The van der Waals surface area contributed by atoms with Crippen LogP contribution in [0.5, 0.6) is 0 Å². The molecule has 1 aromatic heterocycles. The molecule has 0 aliphatic carbocycles. The van der Waals surface area contributed by atoms with Gasteiger partial charge in [0.1, 0.15) is 5.76 Å². The Hall–Kier alpha value is -0.830. The second kappa shape index (κ2) is 2.59. The molecule has 2 rings (SSSR count). The van der Waals surface area contributed by atoms with Crippen molar-refractivity contribution >= 4 is 0 Å². The smallest absolute Gasteiger partial charge is 0.197 e. The molecule has 3 nitrogen and oxygen atoms in total. The lowest BCUT2D eigenvalue weighted by atomic mass is 10.2. The Kier molecular flexibility index (Phi) is 1.68. The van der Waals surface area contributed by atoms with Gasteiger partial charge in [-0.2, -0.15) is 0 Å². The normalized spacial score (nSPS) is 21.8. The molecule has 0 amide bonds. The molecular formula is C9H14N2O. The summed E-state index contributed by atoms with van der Waals surface area (Å²) in [6.45, 7) is 7.14. The molecule has 1 unspecified atom stereocenters. The zero-order chi connectivity index (χ0) is 8.72. The summed E-state index contributed by atoms with van der Waals surface area (Å²) < 4.78 is 5.63. The molecule has 1 aliphatic rings. The molecule has 12 heavy (non-hydrogen) atoms. The molecule has 1 aliphatic heterocycles. The maximum atomic E-state index is 5.63. The SMILES string of the molecule is CC(C)c1nc2c(o1)C(C)NC2. The molecule has 0 radical (unpaired) electrons. The van der Waals surface area contributed by atoms with Crippen molar-refractivity contribution in [1.82, 2.24) is 10.3 Å². The number of rotatable bonds is 1. The summed E-state index contributed by atoms with van der Waals surface area (Å²) in [5, 5.41) is 3.27. The fraction of sp³-hybridized carbons (Fsp3) is 0.667. The van der Waals surface area contributed by atoms with Crippen LogP contribution in [0.3, 0.4) is 0 Å². The van der Waals surface area contributed by atoms with E-state index in [1.807, 2.05) is 0 Å². The Balaban J connectivity index is 2.36. The summed E-state index contributed by atoms with van der Waals surface area (Å²) in [7, 11) is 0. The van der Waals surface area contributed by atoms with E-state index in [9.17, 15) is 0 Å². The van der Waals surface area contributed by atoms with Crippen LogP contribution in [0.2, 0.25) is 0 Å². The van der Waals surface area contributed by atoms with E-state index in [4.69, 9.17) is 4.42 Å². The van der Waals surface area contributed by atoms with Crippen LogP contribution < -0.4 is 5.32 Å². The monoisotopic (exact) mass is 166 g/mol. The van der Waals surface area contributed by atoms with Crippen LogP contribution in [0.4, 0.5) is 0 Å². The van der Waals surface area contributed by atoms with Crippen LogP contribution in [0.15, 0.2) is 4.42 Å². The Morgan fingerprint density at radius 3 is 2.92 bits per heavy atom. The van der Waals surface area contributed by atoms with E-state index in [1.165, 1.54) is 0 Å². The first-order valence-corrected chi connectivity index (χ1v) is 4.41. The third-order valence-electron chi connectivity index (χ3n) is 2.21. The van der Waals surface area contributed by atoms with E-state index in [2.05, 4.69) is 31.1 Å². The van der Waals surface area contributed by atoms with Crippen molar-refractivity contribution in [2.45, 2.75) is 39.3 Å². The Morgan fingerprint density at radius 1 is 1.58 bits per heavy atom. The van der Waals surface area contributed by atoms with Gasteiger partial charge in [-0.1, -0.05) is 13.8 Å². The highest BCUT2D eigenvalue weighted by molar-refractivity contribution is 5.19. The van der Waals surface area contributed by atoms with Gasteiger partial charge in [-0.15, -0.1) is 0 Å². The molecule has 1 atom stereocenters.